The smallest absolute Gasteiger partial charge is 0.273 e. The van der Waals surface area contributed by atoms with Gasteiger partial charge in [0.05, 0.1) is 4.92 Å². The van der Waals surface area contributed by atoms with Crippen LogP contribution in [0.2, 0.25) is 0 Å². The Morgan fingerprint density at radius 1 is 1.32 bits per heavy atom. The Balaban J connectivity index is 2.55. The zero-order valence-corrected chi connectivity index (χ0v) is 10.8. The number of nitro groups is 1. The Bertz CT molecular complexity index is 462. The quantitative estimate of drug-likeness (QED) is 0.377. The van der Waals surface area contributed by atoms with Crippen molar-refractivity contribution < 1.29 is 9.72 Å². The largest absolute Gasteiger partial charge is 0.388 e. The maximum absolute atomic E-state index is 10.8. The second-order valence-corrected chi connectivity index (χ2v) is 4.13. The van der Waals surface area contributed by atoms with E-state index >= 15 is 0 Å². The third-order valence-corrected chi connectivity index (χ3v) is 2.60. The first kappa shape index (κ1) is 14.7. The molecular formula is C12H18N4O3. The Morgan fingerprint density at radius 3 is 2.58 bits per heavy atom. The summed E-state index contributed by atoms with van der Waals surface area (Å²) in [6.45, 7) is 0.637. The molecule has 1 aromatic carbocycles. The van der Waals surface area contributed by atoms with Crippen LogP contribution in [-0.2, 0) is 4.79 Å². The molecule has 0 saturated heterocycles. The molecule has 0 bridgehead atoms. The van der Waals surface area contributed by atoms with Gasteiger partial charge >= 0.3 is 0 Å². The summed E-state index contributed by atoms with van der Waals surface area (Å²) in [7, 11) is 1.70. The van der Waals surface area contributed by atoms with Crippen LogP contribution in [0.3, 0.4) is 0 Å². The standard InChI is InChI=1S/C12H18N4O3/c1-14-9-6-10(8-11(7-9)16(18)19)15-5-3-2-4-12(13)17/h6-8,14-15H,2-5H2,1H3,(H2,13,17). The number of nitrogens with zero attached hydrogens (tertiary/aromatic N) is 1. The highest BCUT2D eigenvalue weighted by molar-refractivity contribution is 5.73. The minimum atomic E-state index is -0.431. The number of carbonyl (C=O) groups is 1. The van der Waals surface area contributed by atoms with E-state index in [0.717, 1.165) is 6.42 Å². The number of nitrogens with two attached hydrogens (primary N) is 1. The molecule has 0 atom stereocenters. The fourth-order valence-corrected chi connectivity index (χ4v) is 1.62. The number of hydrogen-bond acceptors (Lipinski definition) is 5. The molecule has 4 N–H and O–H groups in total. The summed E-state index contributed by atoms with van der Waals surface area (Å²) in [4.78, 5) is 20.9. The number of nitro benzene ring substituents is 1. The summed E-state index contributed by atoms with van der Waals surface area (Å²) >= 11 is 0. The number of nitrogens with one attached hydrogen (secondary N) is 2. The van der Waals surface area contributed by atoms with Gasteiger partial charge in [-0.15, -0.1) is 0 Å². The minimum Gasteiger partial charge on any atom is -0.388 e. The third kappa shape index (κ3) is 5.24. The first-order chi connectivity index (χ1) is 9.02. The van der Waals surface area contributed by atoms with Crippen LogP contribution in [0.15, 0.2) is 18.2 Å². The van der Waals surface area contributed by atoms with Crippen LogP contribution in [0.1, 0.15) is 19.3 Å². The van der Waals surface area contributed by atoms with E-state index < -0.39 is 4.92 Å². The molecule has 0 aromatic heterocycles. The minimum absolute atomic E-state index is 0.0338. The van der Waals surface area contributed by atoms with Crippen LogP contribution in [0.4, 0.5) is 17.1 Å². The van der Waals surface area contributed by atoms with Crippen molar-refractivity contribution in [3.8, 4) is 0 Å². The molecule has 0 saturated carbocycles. The SMILES string of the molecule is CNc1cc(NCCCCC(N)=O)cc([N+](=O)[O-])c1. The van der Waals surface area contributed by atoms with E-state index in [1.807, 2.05) is 0 Å². The van der Waals surface area contributed by atoms with Crippen LogP contribution < -0.4 is 16.4 Å². The van der Waals surface area contributed by atoms with Gasteiger partial charge in [0.1, 0.15) is 0 Å². The predicted octanol–water partition coefficient (Wildman–Crippen LogP) is 1.70. The van der Waals surface area contributed by atoms with E-state index in [0.29, 0.717) is 30.8 Å². The van der Waals surface area contributed by atoms with Crippen LogP contribution in [-0.4, -0.2) is 24.4 Å². The van der Waals surface area contributed by atoms with Gasteiger partial charge in [-0.1, -0.05) is 0 Å². The average Bonchev–Trinajstić information content (AvgIpc) is 2.37. The maximum Gasteiger partial charge on any atom is 0.273 e. The third-order valence-electron chi connectivity index (χ3n) is 2.60. The first-order valence-electron chi connectivity index (χ1n) is 6.02. The maximum atomic E-state index is 10.8. The molecule has 1 amide bonds. The van der Waals surface area contributed by atoms with Crippen molar-refractivity contribution >= 4 is 23.0 Å². The Hall–Kier alpha value is -2.31. The lowest BCUT2D eigenvalue weighted by atomic mass is 10.2. The van der Waals surface area contributed by atoms with Crippen LogP contribution in [0.5, 0.6) is 0 Å². The van der Waals surface area contributed by atoms with E-state index in [9.17, 15) is 14.9 Å². The summed E-state index contributed by atoms with van der Waals surface area (Å²) in [5.41, 5.74) is 6.42. The molecule has 7 nitrogen and oxygen atoms in total. The number of carbonyl (C=O) groups excluding carboxylic acids is 1. The normalized spacial score (nSPS) is 9.95. The van der Waals surface area contributed by atoms with Crippen molar-refractivity contribution in [3.63, 3.8) is 0 Å². The Morgan fingerprint density at radius 2 is 2.00 bits per heavy atom. The van der Waals surface area contributed by atoms with Crippen molar-refractivity contribution in [1.82, 2.24) is 0 Å². The summed E-state index contributed by atoms with van der Waals surface area (Å²) in [5, 5.41) is 16.7. The second kappa shape index (κ2) is 7.20. The number of amides is 1. The second-order valence-electron chi connectivity index (χ2n) is 4.13. The van der Waals surface area contributed by atoms with Crippen LogP contribution >= 0.6 is 0 Å². The number of non-ortho nitro benzene ring substituents is 1. The van der Waals surface area contributed by atoms with Crippen LogP contribution in [0, 0.1) is 10.1 Å². The Labute approximate surface area is 111 Å². The van der Waals surface area contributed by atoms with Gasteiger partial charge in [-0.2, -0.15) is 0 Å². The number of rotatable bonds is 8. The molecule has 0 aliphatic carbocycles. The predicted molar refractivity (Wildman–Crippen MR) is 74.2 cm³/mol. The topological polar surface area (TPSA) is 110 Å². The number of primary amides is 1. The van der Waals surface area contributed by atoms with Gasteiger partial charge in [-0.3, -0.25) is 14.9 Å². The van der Waals surface area contributed by atoms with Crippen molar-refractivity contribution in [2.24, 2.45) is 5.73 Å². The summed E-state index contributed by atoms with van der Waals surface area (Å²) in [5.74, 6) is -0.312. The van der Waals surface area contributed by atoms with Crippen molar-refractivity contribution in [2.75, 3.05) is 24.2 Å². The van der Waals surface area contributed by atoms with Crippen molar-refractivity contribution in [2.45, 2.75) is 19.3 Å². The van der Waals surface area contributed by atoms with Crippen molar-refractivity contribution in [3.05, 3.63) is 28.3 Å². The molecular weight excluding hydrogens is 248 g/mol. The molecule has 0 spiro atoms. The van der Waals surface area contributed by atoms with Gasteiger partial charge in [-0.25, -0.2) is 0 Å². The van der Waals surface area contributed by atoms with E-state index in [4.69, 9.17) is 5.73 Å². The zero-order chi connectivity index (χ0) is 14.3. The highest BCUT2D eigenvalue weighted by atomic mass is 16.6. The fraction of sp³-hybridized carbons (Fsp3) is 0.417. The molecule has 0 radical (unpaired) electrons. The number of anilines is 2. The molecule has 1 aromatic rings. The van der Waals surface area contributed by atoms with Gasteiger partial charge in [-0.05, 0) is 18.9 Å². The molecule has 0 unspecified atom stereocenters. The summed E-state index contributed by atoms with van der Waals surface area (Å²) < 4.78 is 0. The van der Waals surface area contributed by atoms with Crippen LogP contribution in [0.25, 0.3) is 0 Å². The fourth-order valence-electron chi connectivity index (χ4n) is 1.62. The Kier molecular flexibility index (Phi) is 5.59. The van der Waals surface area contributed by atoms with Gasteiger partial charge in [0.15, 0.2) is 0 Å². The van der Waals surface area contributed by atoms with E-state index in [2.05, 4.69) is 10.6 Å². The molecule has 0 aliphatic heterocycles. The van der Waals surface area contributed by atoms with E-state index in [1.165, 1.54) is 12.1 Å². The molecule has 0 fully saturated rings. The van der Waals surface area contributed by atoms with E-state index in [-0.39, 0.29) is 11.6 Å². The molecule has 0 aliphatic rings. The van der Waals surface area contributed by atoms with Gasteiger partial charge in [0.25, 0.3) is 5.69 Å². The highest BCUT2D eigenvalue weighted by Gasteiger charge is 2.08. The zero-order valence-electron chi connectivity index (χ0n) is 10.8. The lowest BCUT2D eigenvalue weighted by molar-refractivity contribution is -0.384. The summed E-state index contributed by atoms with van der Waals surface area (Å²) in [6.07, 6.45) is 1.84. The number of unbranched alkanes of at least 4 members (excludes halogenated alkanes) is 1. The van der Waals surface area contributed by atoms with Gasteiger partial charge < -0.3 is 16.4 Å². The highest BCUT2D eigenvalue weighted by Crippen LogP contribution is 2.24. The van der Waals surface area contributed by atoms with Crippen molar-refractivity contribution in [1.29, 1.82) is 0 Å². The van der Waals surface area contributed by atoms with Gasteiger partial charge in [0, 0.05) is 43.5 Å². The average molecular weight is 266 g/mol. The lowest BCUT2D eigenvalue weighted by Gasteiger charge is -2.08. The summed E-state index contributed by atoms with van der Waals surface area (Å²) in [6, 6.07) is 4.74. The molecule has 104 valence electrons. The molecule has 19 heavy (non-hydrogen) atoms. The first-order valence-corrected chi connectivity index (χ1v) is 6.02. The number of hydrogen-bond donors (Lipinski definition) is 3. The lowest BCUT2D eigenvalue weighted by Crippen LogP contribution is -2.11. The van der Waals surface area contributed by atoms with E-state index in [1.54, 1.807) is 13.1 Å². The van der Waals surface area contributed by atoms with Gasteiger partial charge in [0.2, 0.25) is 5.91 Å². The molecule has 1 rings (SSSR count). The molecule has 0 heterocycles. The number of benzene rings is 1. The molecule has 7 heteroatoms. The monoisotopic (exact) mass is 266 g/mol.